The van der Waals surface area contributed by atoms with Crippen LogP contribution in [-0.2, 0) is 0 Å². The average Bonchev–Trinajstić information content (AvgIpc) is 2.21. The third-order valence-electron chi connectivity index (χ3n) is 1.50. The van der Waals surface area contributed by atoms with Gasteiger partial charge in [0.2, 0.25) is 0 Å². The van der Waals surface area contributed by atoms with Crippen LogP contribution in [0.4, 0.5) is 0 Å². The maximum atomic E-state index is 4.28. The number of nitrogens with zero attached hydrogens (tertiary/aromatic N) is 2. The fraction of sp³-hybridized carbons (Fsp3) is 1.00. The van der Waals surface area contributed by atoms with E-state index in [1.54, 1.807) is 0 Å². The molecule has 0 amide bonds. The van der Waals surface area contributed by atoms with Crippen LogP contribution in [0.3, 0.4) is 0 Å². The van der Waals surface area contributed by atoms with Crippen LogP contribution < -0.4 is 51.4 Å². The van der Waals surface area contributed by atoms with Gasteiger partial charge in [-0.1, -0.05) is 20.3 Å². The van der Waals surface area contributed by atoms with E-state index in [0.29, 0.717) is 0 Å². The Bertz CT molecular complexity index is 61.1. The van der Waals surface area contributed by atoms with Crippen molar-refractivity contribution in [3.05, 3.63) is 5.32 Å². The molecule has 1 aliphatic rings. The van der Waals surface area contributed by atoms with E-state index in [2.05, 4.69) is 17.3 Å². The first-order chi connectivity index (χ1) is 4.89. The Morgan fingerprint density at radius 1 is 1.09 bits per heavy atom. The molecule has 62 valence electrons. The van der Waals surface area contributed by atoms with Crippen molar-refractivity contribution in [2.75, 3.05) is 33.2 Å². The molecule has 0 aliphatic carbocycles. The first-order valence-corrected chi connectivity index (χ1v) is 4.21. The molecule has 0 aromatic heterocycles. The van der Waals surface area contributed by atoms with Gasteiger partial charge in [-0.25, -0.2) is 0 Å². The summed E-state index contributed by atoms with van der Waals surface area (Å²) in [6, 6.07) is 0. The SMILES string of the molecule is CC.CN1CCC[N-]CC1.[K+]. The Morgan fingerprint density at radius 2 is 1.73 bits per heavy atom. The molecule has 0 aromatic rings. The van der Waals surface area contributed by atoms with Gasteiger partial charge < -0.3 is 10.2 Å². The van der Waals surface area contributed by atoms with E-state index in [9.17, 15) is 0 Å². The molecule has 1 aliphatic heterocycles. The summed E-state index contributed by atoms with van der Waals surface area (Å²) in [5.41, 5.74) is 0. The smallest absolute Gasteiger partial charge is 0.661 e. The molecular weight excluding hydrogens is 163 g/mol. The summed E-state index contributed by atoms with van der Waals surface area (Å²) in [6.07, 6.45) is 1.25. The third kappa shape index (κ3) is 9.47. The molecule has 0 aromatic carbocycles. The predicted octanol–water partition coefficient (Wildman–Crippen LogP) is -1.27. The van der Waals surface area contributed by atoms with Crippen LogP contribution in [0.25, 0.3) is 5.32 Å². The van der Waals surface area contributed by atoms with Crippen molar-refractivity contribution in [1.29, 1.82) is 0 Å². The zero-order valence-electron chi connectivity index (χ0n) is 8.43. The van der Waals surface area contributed by atoms with Gasteiger partial charge in [0, 0.05) is 0 Å². The Hall–Kier alpha value is 1.56. The van der Waals surface area contributed by atoms with E-state index in [1.165, 1.54) is 13.0 Å². The van der Waals surface area contributed by atoms with Gasteiger partial charge in [0.15, 0.2) is 0 Å². The molecule has 0 N–H and O–H groups in total. The number of hydrogen-bond acceptors (Lipinski definition) is 1. The van der Waals surface area contributed by atoms with Crippen LogP contribution >= 0.6 is 0 Å². The summed E-state index contributed by atoms with van der Waals surface area (Å²) in [5.74, 6) is 0. The van der Waals surface area contributed by atoms with Crippen LogP contribution in [-0.4, -0.2) is 38.1 Å². The molecule has 0 bridgehead atoms. The van der Waals surface area contributed by atoms with Gasteiger partial charge in [-0.3, -0.25) is 0 Å². The van der Waals surface area contributed by atoms with Crippen LogP contribution in [0.5, 0.6) is 0 Å². The molecule has 0 spiro atoms. The topological polar surface area (TPSA) is 17.3 Å². The van der Waals surface area contributed by atoms with Gasteiger partial charge in [0.05, 0.1) is 0 Å². The summed E-state index contributed by atoms with van der Waals surface area (Å²) in [7, 11) is 2.15. The molecule has 11 heavy (non-hydrogen) atoms. The van der Waals surface area contributed by atoms with Crippen LogP contribution in [0.1, 0.15) is 20.3 Å². The summed E-state index contributed by atoms with van der Waals surface area (Å²) in [4.78, 5) is 2.33. The van der Waals surface area contributed by atoms with Gasteiger partial charge in [0.25, 0.3) is 0 Å². The minimum Gasteiger partial charge on any atom is -0.661 e. The molecule has 2 nitrogen and oxygen atoms in total. The Morgan fingerprint density at radius 3 is 2.36 bits per heavy atom. The van der Waals surface area contributed by atoms with Crippen molar-refractivity contribution in [2.24, 2.45) is 0 Å². The summed E-state index contributed by atoms with van der Waals surface area (Å²) >= 11 is 0. The summed E-state index contributed by atoms with van der Waals surface area (Å²) < 4.78 is 0. The molecular formula is C8H19KN2. The number of likely N-dealkylation sites (N-methyl/N-ethyl adjacent to an activating group) is 1. The minimum absolute atomic E-state index is 0. The zero-order valence-corrected chi connectivity index (χ0v) is 11.6. The first-order valence-electron chi connectivity index (χ1n) is 4.21. The zero-order chi connectivity index (χ0) is 7.82. The van der Waals surface area contributed by atoms with Crippen molar-refractivity contribution < 1.29 is 51.4 Å². The Kier molecular flexibility index (Phi) is 15.8. The van der Waals surface area contributed by atoms with Crippen LogP contribution in [0, 0.1) is 0 Å². The monoisotopic (exact) mass is 182 g/mol. The molecule has 0 radical (unpaired) electrons. The second kappa shape index (κ2) is 11.6. The predicted molar refractivity (Wildman–Crippen MR) is 46.6 cm³/mol. The van der Waals surface area contributed by atoms with Crippen molar-refractivity contribution >= 4 is 0 Å². The van der Waals surface area contributed by atoms with E-state index >= 15 is 0 Å². The second-order valence-corrected chi connectivity index (χ2v) is 2.33. The van der Waals surface area contributed by atoms with E-state index < -0.39 is 0 Å². The van der Waals surface area contributed by atoms with Crippen LogP contribution in [0.2, 0.25) is 0 Å². The molecule has 1 fully saturated rings. The van der Waals surface area contributed by atoms with Crippen molar-refractivity contribution in [1.82, 2.24) is 4.90 Å². The van der Waals surface area contributed by atoms with Gasteiger partial charge in [-0.05, 0) is 20.1 Å². The standard InChI is InChI=1S/C6H13N2.C2H6.K/c1-8-5-2-3-7-4-6-8;1-2;/h2-6H2,1H3;1-2H3;/q-1;;+1. The van der Waals surface area contributed by atoms with E-state index in [4.69, 9.17) is 0 Å². The molecule has 0 unspecified atom stereocenters. The molecule has 1 heterocycles. The quantitative estimate of drug-likeness (QED) is 0.427. The Labute approximate surface area is 114 Å². The van der Waals surface area contributed by atoms with Crippen LogP contribution in [0.15, 0.2) is 0 Å². The number of hydrogen-bond donors (Lipinski definition) is 0. The molecule has 3 heteroatoms. The normalized spacial score (nSPS) is 18.8. The summed E-state index contributed by atoms with van der Waals surface area (Å²) in [5, 5.41) is 4.28. The van der Waals surface area contributed by atoms with Gasteiger partial charge in [0.1, 0.15) is 0 Å². The molecule has 1 rings (SSSR count). The molecule has 0 saturated carbocycles. The molecule has 1 saturated heterocycles. The Balaban J connectivity index is 0. The molecule has 0 atom stereocenters. The second-order valence-electron chi connectivity index (χ2n) is 2.33. The van der Waals surface area contributed by atoms with Crippen molar-refractivity contribution in [3.8, 4) is 0 Å². The van der Waals surface area contributed by atoms with Gasteiger partial charge in [-0.2, -0.15) is 0 Å². The minimum atomic E-state index is 0. The van der Waals surface area contributed by atoms with E-state index in [-0.39, 0.29) is 51.4 Å². The largest absolute Gasteiger partial charge is 1.00 e. The third-order valence-corrected chi connectivity index (χ3v) is 1.50. The fourth-order valence-corrected chi connectivity index (χ4v) is 0.917. The fourth-order valence-electron chi connectivity index (χ4n) is 0.917. The number of rotatable bonds is 0. The summed E-state index contributed by atoms with van der Waals surface area (Å²) in [6.45, 7) is 8.49. The van der Waals surface area contributed by atoms with Gasteiger partial charge in [-0.15, -0.1) is 13.1 Å². The average molecular weight is 182 g/mol. The van der Waals surface area contributed by atoms with Crippen molar-refractivity contribution in [2.45, 2.75) is 20.3 Å². The van der Waals surface area contributed by atoms with E-state index in [1.807, 2.05) is 13.8 Å². The maximum absolute atomic E-state index is 4.28. The first kappa shape index (κ1) is 15.0. The van der Waals surface area contributed by atoms with Crippen molar-refractivity contribution in [3.63, 3.8) is 0 Å². The maximum Gasteiger partial charge on any atom is 1.00 e. The van der Waals surface area contributed by atoms with E-state index in [0.717, 1.165) is 19.6 Å². The van der Waals surface area contributed by atoms with Gasteiger partial charge >= 0.3 is 51.4 Å².